The Hall–Kier alpha value is -0.290. The smallest absolute Gasteiger partial charge is 0.394 e. The second kappa shape index (κ2) is 4.67. The van der Waals surface area contributed by atoms with Gasteiger partial charge < -0.3 is 10.2 Å². The molecule has 0 saturated carbocycles. The summed E-state index contributed by atoms with van der Waals surface area (Å²) in [7, 11) is 0. The van der Waals surface area contributed by atoms with Crippen molar-refractivity contribution in [1.82, 2.24) is 0 Å². The van der Waals surface area contributed by atoms with E-state index in [9.17, 15) is 13.2 Å². The Morgan fingerprint density at radius 1 is 1.33 bits per heavy atom. The summed E-state index contributed by atoms with van der Waals surface area (Å²) in [5, 5.41) is 17.3. The molecule has 0 aromatic heterocycles. The third-order valence-corrected chi connectivity index (χ3v) is 1.71. The molecule has 2 unspecified atom stereocenters. The zero-order chi connectivity index (χ0) is 9.78. The molecule has 0 amide bonds. The number of aliphatic hydroxyl groups is 2. The van der Waals surface area contributed by atoms with Crippen molar-refractivity contribution in [3.8, 4) is 0 Å². The molecule has 0 aromatic carbocycles. The minimum Gasteiger partial charge on any atom is -0.396 e. The quantitative estimate of drug-likeness (QED) is 0.695. The van der Waals surface area contributed by atoms with E-state index in [0.29, 0.717) is 0 Å². The van der Waals surface area contributed by atoms with Crippen molar-refractivity contribution in [1.29, 1.82) is 0 Å². The topological polar surface area (TPSA) is 40.5 Å². The van der Waals surface area contributed by atoms with Gasteiger partial charge in [0.1, 0.15) is 0 Å². The lowest BCUT2D eigenvalue weighted by atomic mass is 10.0. The van der Waals surface area contributed by atoms with Gasteiger partial charge in [0, 0.05) is 0 Å². The second-order valence-electron chi connectivity index (χ2n) is 2.72. The minimum absolute atomic E-state index is 0.270. The zero-order valence-corrected chi connectivity index (χ0v) is 6.80. The highest BCUT2D eigenvalue weighted by molar-refractivity contribution is 4.70. The van der Waals surface area contributed by atoms with Crippen LogP contribution in [0.15, 0.2) is 0 Å². The lowest BCUT2D eigenvalue weighted by Gasteiger charge is -2.19. The molecule has 0 bridgehead atoms. The summed E-state index contributed by atoms with van der Waals surface area (Å²) in [6.45, 7) is 0.635. The molecule has 0 fully saturated rings. The van der Waals surface area contributed by atoms with E-state index in [2.05, 4.69) is 0 Å². The summed E-state index contributed by atoms with van der Waals surface area (Å²) in [6, 6.07) is 0. The number of aliphatic hydroxyl groups excluding tert-OH is 2. The van der Waals surface area contributed by atoms with E-state index in [1.54, 1.807) is 6.92 Å². The first kappa shape index (κ1) is 11.7. The minimum atomic E-state index is -4.41. The number of halogens is 3. The van der Waals surface area contributed by atoms with Gasteiger partial charge in [-0.1, -0.05) is 6.92 Å². The van der Waals surface area contributed by atoms with Gasteiger partial charge in [0.15, 0.2) is 0 Å². The van der Waals surface area contributed by atoms with Crippen LogP contribution in [0.25, 0.3) is 0 Å². The lowest BCUT2D eigenvalue weighted by molar-refractivity contribution is -0.191. The fourth-order valence-corrected chi connectivity index (χ4v) is 0.807. The van der Waals surface area contributed by atoms with Crippen LogP contribution in [0.1, 0.15) is 19.8 Å². The monoisotopic (exact) mass is 186 g/mol. The van der Waals surface area contributed by atoms with Crippen LogP contribution >= 0.6 is 0 Å². The Bertz CT molecular complexity index is 124. The third kappa shape index (κ3) is 3.92. The molecular formula is C7H13F3O2. The number of alkyl halides is 3. The Labute approximate surface area is 69.0 Å². The second-order valence-corrected chi connectivity index (χ2v) is 2.72. The maximum Gasteiger partial charge on any atom is 0.394 e. The van der Waals surface area contributed by atoms with Crippen LogP contribution < -0.4 is 0 Å². The van der Waals surface area contributed by atoms with Crippen LogP contribution in [0.2, 0.25) is 0 Å². The van der Waals surface area contributed by atoms with Gasteiger partial charge in [0.25, 0.3) is 0 Å². The molecule has 0 aliphatic rings. The number of hydrogen-bond acceptors (Lipinski definition) is 2. The molecule has 0 rings (SSSR count). The van der Waals surface area contributed by atoms with Crippen LogP contribution in [0.3, 0.4) is 0 Å². The molecule has 0 heterocycles. The van der Waals surface area contributed by atoms with Crippen molar-refractivity contribution in [2.75, 3.05) is 6.61 Å². The molecule has 0 aliphatic carbocycles. The van der Waals surface area contributed by atoms with Gasteiger partial charge >= 0.3 is 6.18 Å². The van der Waals surface area contributed by atoms with E-state index in [-0.39, 0.29) is 6.42 Å². The molecule has 74 valence electrons. The molecule has 2 atom stereocenters. The Kier molecular flexibility index (Phi) is 4.55. The molecule has 5 heteroatoms. The van der Waals surface area contributed by atoms with E-state index in [4.69, 9.17) is 10.2 Å². The van der Waals surface area contributed by atoms with Crippen LogP contribution in [0.5, 0.6) is 0 Å². The van der Waals surface area contributed by atoms with Crippen LogP contribution in [-0.2, 0) is 0 Å². The van der Waals surface area contributed by atoms with Gasteiger partial charge in [-0.3, -0.25) is 0 Å². The van der Waals surface area contributed by atoms with Gasteiger partial charge in [0.2, 0.25) is 0 Å². The van der Waals surface area contributed by atoms with Crippen molar-refractivity contribution in [3.63, 3.8) is 0 Å². The van der Waals surface area contributed by atoms with Crippen molar-refractivity contribution < 1.29 is 23.4 Å². The highest BCUT2D eigenvalue weighted by Gasteiger charge is 2.39. The molecule has 0 aliphatic heterocycles. The normalized spacial score (nSPS) is 17.5. The van der Waals surface area contributed by atoms with Gasteiger partial charge in [-0.25, -0.2) is 0 Å². The highest BCUT2D eigenvalue weighted by atomic mass is 19.4. The van der Waals surface area contributed by atoms with Crippen molar-refractivity contribution in [3.05, 3.63) is 0 Å². The first-order valence-electron chi connectivity index (χ1n) is 3.77. The molecule has 0 spiro atoms. The maximum atomic E-state index is 11.9. The first-order chi connectivity index (χ1) is 5.41. The van der Waals surface area contributed by atoms with Gasteiger partial charge in [0.05, 0.1) is 18.6 Å². The van der Waals surface area contributed by atoms with E-state index in [1.807, 2.05) is 0 Å². The van der Waals surface area contributed by atoms with Gasteiger partial charge in [-0.2, -0.15) is 13.2 Å². The fourth-order valence-electron chi connectivity index (χ4n) is 0.807. The van der Waals surface area contributed by atoms with Crippen molar-refractivity contribution >= 4 is 0 Å². The SMILES string of the molecule is CCC(O)CC(CO)C(F)(F)F. The molecule has 0 radical (unpaired) electrons. The van der Waals surface area contributed by atoms with E-state index in [0.717, 1.165) is 0 Å². The van der Waals surface area contributed by atoms with E-state index in [1.165, 1.54) is 0 Å². The van der Waals surface area contributed by atoms with Gasteiger partial charge in [-0.15, -0.1) is 0 Å². The standard InChI is InChI=1S/C7H13F3O2/c1-2-6(12)3-5(4-11)7(8,9)10/h5-6,11-12H,2-4H2,1H3. The summed E-state index contributed by atoms with van der Waals surface area (Å²) in [6.07, 6.45) is -5.54. The summed E-state index contributed by atoms with van der Waals surface area (Å²) in [4.78, 5) is 0. The number of rotatable bonds is 4. The molecule has 0 aromatic rings. The van der Waals surface area contributed by atoms with Crippen molar-refractivity contribution in [2.24, 2.45) is 5.92 Å². The fraction of sp³-hybridized carbons (Fsp3) is 1.00. The molecule has 2 N–H and O–H groups in total. The van der Waals surface area contributed by atoms with Crippen LogP contribution in [-0.4, -0.2) is 29.1 Å². The summed E-state index contributed by atoms with van der Waals surface area (Å²) < 4.78 is 35.8. The van der Waals surface area contributed by atoms with Crippen LogP contribution in [0, 0.1) is 5.92 Å². The summed E-state index contributed by atoms with van der Waals surface area (Å²) in [5.74, 6) is -1.80. The predicted molar refractivity (Wildman–Crippen MR) is 37.5 cm³/mol. The van der Waals surface area contributed by atoms with E-state index >= 15 is 0 Å². The molecule has 0 saturated heterocycles. The average molecular weight is 186 g/mol. The highest BCUT2D eigenvalue weighted by Crippen LogP contribution is 2.29. The average Bonchev–Trinajstić information content (AvgIpc) is 1.97. The van der Waals surface area contributed by atoms with Crippen molar-refractivity contribution in [2.45, 2.75) is 32.0 Å². The maximum absolute atomic E-state index is 11.9. The lowest BCUT2D eigenvalue weighted by Crippen LogP contribution is -2.29. The molecule has 2 nitrogen and oxygen atoms in total. The predicted octanol–water partition coefficient (Wildman–Crippen LogP) is 1.32. The molecule has 12 heavy (non-hydrogen) atoms. The zero-order valence-electron chi connectivity index (χ0n) is 6.80. The third-order valence-electron chi connectivity index (χ3n) is 1.71. The first-order valence-corrected chi connectivity index (χ1v) is 3.77. The van der Waals surface area contributed by atoms with E-state index < -0.39 is 31.2 Å². The Morgan fingerprint density at radius 2 is 1.83 bits per heavy atom. The van der Waals surface area contributed by atoms with Gasteiger partial charge in [-0.05, 0) is 12.8 Å². The summed E-state index contributed by atoms with van der Waals surface area (Å²) in [5.41, 5.74) is 0. The molecular weight excluding hydrogens is 173 g/mol. The summed E-state index contributed by atoms with van der Waals surface area (Å²) >= 11 is 0. The largest absolute Gasteiger partial charge is 0.396 e. The Morgan fingerprint density at radius 3 is 2.08 bits per heavy atom. The Balaban J connectivity index is 4.00. The van der Waals surface area contributed by atoms with Crippen LogP contribution in [0.4, 0.5) is 13.2 Å². The number of hydrogen-bond donors (Lipinski definition) is 2.